The summed E-state index contributed by atoms with van der Waals surface area (Å²) in [6.45, 7) is 3.31. The van der Waals surface area contributed by atoms with Crippen LogP contribution >= 0.6 is 0 Å². The minimum Gasteiger partial charge on any atom is -0.476 e. The molecule has 0 radical (unpaired) electrons. The third kappa shape index (κ3) is 4.32. The van der Waals surface area contributed by atoms with Crippen molar-refractivity contribution in [2.75, 3.05) is 7.11 Å². The van der Waals surface area contributed by atoms with Gasteiger partial charge in [-0.3, -0.25) is 0 Å². The highest BCUT2D eigenvalue weighted by atomic mass is 16.6. The molecule has 2 aromatic rings. The molecule has 1 heterocycles. The summed E-state index contributed by atoms with van der Waals surface area (Å²) in [6, 6.07) is 6.96. The molecule has 0 saturated carbocycles. The van der Waals surface area contributed by atoms with Crippen molar-refractivity contribution < 1.29 is 23.8 Å². The van der Waals surface area contributed by atoms with Crippen LogP contribution in [0.5, 0.6) is 5.75 Å². The monoisotopic (exact) mass is 318 g/mol. The molecule has 23 heavy (non-hydrogen) atoms. The fourth-order valence-electron chi connectivity index (χ4n) is 1.87. The van der Waals surface area contributed by atoms with E-state index in [4.69, 9.17) is 14.2 Å². The Morgan fingerprint density at radius 2 is 2.09 bits per heavy atom. The number of imidazole rings is 1. The second kappa shape index (κ2) is 6.95. The maximum absolute atomic E-state index is 11.7. The molecule has 0 aliphatic rings. The molecular formula is C16H18N2O5. The lowest BCUT2D eigenvalue weighted by Gasteiger charge is -2.23. The quantitative estimate of drug-likeness (QED) is 0.788. The van der Waals surface area contributed by atoms with Crippen molar-refractivity contribution in [3.8, 4) is 5.75 Å². The molecule has 0 unspecified atom stereocenters. The number of methoxy groups -OCH3 is 1. The summed E-state index contributed by atoms with van der Waals surface area (Å²) in [5.74, 6) is 0.00557. The van der Waals surface area contributed by atoms with Gasteiger partial charge in [0, 0.05) is 12.4 Å². The van der Waals surface area contributed by atoms with Crippen LogP contribution in [0.1, 0.15) is 19.4 Å². The van der Waals surface area contributed by atoms with Gasteiger partial charge in [-0.25, -0.2) is 19.1 Å². The standard InChI is InChI=1S/C16H18N2O5/c1-16(2,14(19)21-3)23-13-6-4-5-12(9-13)10-22-15(20)18-8-7-17-11-18/h4-9,11H,10H2,1-3H3. The fraction of sp³-hybridized carbons (Fsp3) is 0.312. The molecule has 0 aliphatic carbocycles. The molecule has 0 spiro atoms. The van der Waals surface area contributed by atoms with E-state index in [-0.39, 0.29) is 6.61 Å². The SMILES string of the molecule is COC(=O)C(C)(C)Oc1cccc(COC(=O)n2ccnc2)c1. The molecule has 0 saturated heterocycles. The number of hydrogen-bond donors (Lipinski definition) is 0. The summed E-state index contributed by atoms with van der Waals surface area (Å²) in [5, 5.41) is 0. The zero-order chi connectivity index (χ0) is 16.9. The predicted molar refractivity (Wildman–Crippen MR) is 81.0 cm³/mol. The number of hydrogen-bond acceptors (Lipinski definition) is 6. The molecular weight excluding hydrogens is 300 g/mol. The highest BCUT2D eigenvalue weighted by Crippen LogP contribution is 2.21. The Morgan fingerprint density at radius 1 is 1.30 bits per heavy atom. The summed E-state index contributed by atoms with van der Waals surface area (Å²) in [4.78, 5) is 27.1. The largest absolute Gasteiger partial charge is 0.476 e. The van der Waals surface area contributed by atoms with Crippen LogP contribution in [-0.4, -0.2) is 34.3 Å². The molecule has 0 bridgehead atoms. The van der Waals surface area contributed by atoms with Gasteiger partial charge in [0.25, 0.3) is 0 Å². The number of carbonyl (C=O) groups is 2. The Hall–Kier alpha value is -2.83. The first-order valence-electron chi connectivity index (χ1n) is 6.94. The van der Waals surface area contributed by atoms with E-state index >= 15 is 0 Å². The molecule has 1 aromatic heterocycles. The number of esters is 1. The van der Waals surface area contributed by atoms with Gasteiger partial charge in [0.15, 0.2) is 5.60 Å². The molecule has 7 heteroatoms. The third-order valence-corrected chi connectivity index (χ3v) is 3.03. The lowest BCUT2D eigenvalue weighted by atomic mass is 10.1. The van der Waals surface area contributed by atoms with Crippen LogP contribution in [-0.2, 0) is 20.9 Å². The van der Waals surface area contributed by atoms with Crippen LogP contribution in [0.2, 0.25) is 0 Å². The van der Waals surface area contributed by atoms with E-state index in [0.29, 0.717) is 5.75 Å². The minimum atomic E-state index is -1.11. The van der Waals surface area contributed by atoms with Crippen LogP contribution < -0.4 is 4.74 Å². The lowest BCUT2D eigenvalue weighted by molar-refractivity contribution is -0.156. The van der Waals surface area contributed by atoms with Crippen LogP contribution in [0.25, 0.3) is 0 Å². The van der Waals surface area contributed by atoms with Crippen LogP contribution in [0.4, 0.5) is 4.79 Å². The first kappa shape index (κ1) is 16.5. The number of ether oxygens (including phenoxy) is 3. The van der Waals surface area contributed by atoms with E-state index in [1.165, 1.54) is 30.4 Å². The fourth-order valence-corrected chi connectivity index (χ4v) is 1.87. The van der Waals surface area contributed by atoms with Crippen molar-refractivity contribution in [2.45, 2.75) is 26.1 Å². The molecule has 122 valence electrons. The minimum absolute atomic E-state index is 0.0763. The average molecular weight is 318 g/mol. The Morgan fingerprint density at radius 3 is 2.74 bits per heavy atom. The summed E-state index contributed by atoms with van der Waals surface area (Å²) in [5.41, 5.74) is -0.377. The molecule has 0 aliphatic heterocycles. The zero-order valence-electron chi connectivity index (χ0n) is 13.2. The van der Waals surface area contributed by atoms with E-state index in [0.717, 1.165) is 5.56 Å². The maximum atomic E-state index is 11.7. The van der Waals surface area contributed by atoms with Crippen molar-refractivity contribution in [3.05, 3.63) is 48.5 Å². The Bertz CT molecular complexity index is 680. The highest BCUT2D eigenvalue weighted by Gasteiger charge is 2.31. The summed E-state index contributed by atoms with van der Waals surface area (Å²) < 4.78 is 16.7. The Kier molecular flexibility index (Phi) is 5.00. The predicted octanol–water partition coefficient (Wildman–Crippen LogP) is 2.40. The summed E-state index contributed by atoms with van der Waals surface area (Å²) in [6.07, 6.45) is 3.83. The van der Waals surface area contributed by atoms with Crippen molar-refractivity contribution in [2.24, 2.45) is 0 Å². The van der Waals surface area contributed by atoms with Crippen LogP contribution in [0.15, 0.2) is 43.0 Å². The van der Waals surface area contributed by atoms with E-state index < -0.39 is 17.7 Å². The number of benzene rings is 1. The number of nitrogens with zero attached hydrogens (tertiary/aromatic N) is 2. The van der Waals surface area contributed by atoms with Gasteiger partial charge in [-0.1, -0.05) is 12.1 Å². The zero-order valence-corrected chi connectivity index (χ0v) is 13.2. The smallest absolute Gasteiger partial charge is 0.419 e. The number of aromatic nitrogens is 2. The molecule has 2 rings (SSSR count). The molecule has 1 aromatic carbocycles. The van der Waals surface area contributed by atoms with E-state index in [1.807, 2.05) is 0 Å². The van der Waals surface area contributed by atoms with Gasteiger partial charge < -0.3 is 14.2 Å². The first-order valence-corrected chi connectivity index (χ1v) is 6.94. The maximum Gasteiger partial charge on any atom is 0.419 e. The molecule has 7 nitrogen and oxygen atoms in total. The van der Waals surface area contributed by atoms with E-state index in [1.54, 1.807) is 38.1 Å². The van der Waals surface area contributed by atoms with Gasteiger partial charge in [-0.2, -0.15) is 0 Å². The van der Waals surface area contributed by atoms with Gasteiger partial charge in [-0.05, 0) is 31.5 Å². The Balaban J connectivity index is 2.00. The second-order valence-corrected chi connectivity index (χ2v) is 5.28. The molecule has 0 amide bonds. The highest BCUT2D eigenvalue weighted by molar-refractivity contribution is 5.78. The second-order valence-electron chi connectivity index (χ2n) is 5.28. The average Bonchev–Trinajstić information content (AvgIpc) is 3.06. The Labute approximate surface area is 133 Å². The van der Waals surface area contributed by atoms with E-state index in [9.17, 15) is 9.59 Å². The van der Waals surface area contributed by atoms with Crippen molar-refractivity contribution in [1.82, 2.24) is 9.55 Å². The number of rotatable bonds is 5. The first-order chi connectivity index (χ1) is 10.9. The summed E-state index contributed by atoms with van der Waals surface area (Å²) in [7, 11) is 1.30. The van der Waals surface area contributed by atoms with Crippen molar-refractivity contribution in [3.63, 3.8) is 0 Å². The van der Waals surface area contributed by atoms with Crippen molar-refractivity contribution >= 4 is 12.1 Å². The van der Waals surface area contributed by atoms with Gasteiger partial charge >= 0.3 is 12.1 Å². The van der Waals surface area contributed by atoms with Crippen molar-refractivity contribution in [1.29, 1.82) is 0 Å². The topological polar surface area (TPSA) is 79.7 Å². The van der Waals surface area contributed by atoms with Gasteiger partial charge in [0.05, 0.1) is 7.11 Å². The van der Waals surface area contributed by atoms with Crippen LogP contribution in [0.3, 0.4) is 0 Å². The van der Waals surface area contributed by atoms with E-state index in [2.05, 4.69) is 4.98 Å². The lowest BCUT2D eigenvalue weighted by Crippen LogP contribution is -2.39. The normalized spacial score (nSPS) is 10.9. The summed E-state index contributed by atoms with van der Waals surface area (Å²) >= 11 is 0. The van der Waals surface area contributed by atoms with Gasteiger partial charge in [0.2, 0.25) is 0 Å². The van der Waals surface area contributed by atoms with Crippen LogP contribution in [0, 0.1) is 0 Å². The molecule has 0 N–H and O–H groups in total. The van der Waals surface area contributed by atoms with Gasteiger partial charge in [-0.15, -0.1) is 0 Å². The van der Waals surface area contributed by atoms with Gasteiger partial charge in [0.1, 0.15) is 18.7 Å². The number of carbonyl (C=O) groups excluding carboxylic acids is 2. The molecule has 0 atom stereocenters. The molecule has 0 fully saturated rings. The third-order valence-electron chi connectivity index (χ3n) is 3.03.